The van der Waals surface area contributed by atoms with E-state index in [2.05, 4.69) is 5.16 Å². The SMILES string of the molecule is CCOCCC(=O)N(CC(N)=NO)C(C)C. The maximum Gasteiger partial charge on any atom is 0.225 e. The van der Waals surface area contributed by atoms with Crippen LogP contribution >= 0.6 is 0 Å². The minimum atomic E-state index is -0.0601. The zero-order valence-corrected chi connectivity index (χ0v) is 10.1. The normalized spacial score (nSPS) is 11.9. The van der Waals surface area contributed by atoms with Crippen LogP contribution < -0.4 is 5.73 Å². The van der Waals surface area contributed by atoms with Crippen molar-refractivity contribution in [3.8, 4) is 0 Å². The van der Waals surface area contributed by atoms with E-state index in [9.17, 15) is 4.79 Å². The van der Waals surface area contributed by atoms with Crippen LogP contribution in [0.5, 0.6) is 0 Å². The third kappa shape index (κ3) is 5.55. The maximum absolute atomic E-state index is 11.8. The molecule has 0 aromatic rings. The van der Waals surface area contributed by atoms with Gasteiger partial charge in [0.15, 0.2) is 5.84 Å². The standard InChI is InChI=1S/C10H21N3O3/c1-4-16-6-5-10(14)13(8(2)3)7-9(11)12-15/h8,15H,4-7H2,1-3H3,(H2,11,12). The maximum atomic E-state index is 11.8. The molecule has 0 aliphatic rings. The van der Waals surface area contributed by atoms with Crippen LogP contribution in [-0.2, 0) is 9.53 Å². The number of rotatable bonds is 7. The molecule has 0 atom stereocenters. The van der Waals surface area contributed by atoms with Gasteiger partial charge in [-0.2, -0.15) is 0 Å². The third-order valence-electron chi connectivity index (χ3n) is 2.07. The second kappa shape index (κ2) is 7.92. The minimum absolute atomic E-state index is 0.00873. The lowest BCUT2D eigenvalue weighted by Gasteiger charge is -2.26. The van der Waals surface area contributed by atoms with Gasteiger partial charge in [-0.15, -0.1) is 0 Å². The number of carbonyl (C=O) groups is 1. The van der Waals surface area contributed by atoms with Gasteiger partial charge in [-0.1, -0.05) is 5.16 Å². The minimum Gasteiger partial charge on any atom is -0.409 e. The fraction of sp³-hybridized carbons (Fsp3) is 0.800. The number of carbonyl (C=O) groups excluding carboxylic acids is 1. The first-order valence-corrected chi connectivity index (χ1v) is 5.36. The monoisotopic (exact) mass is 231 g/mol. The highest BCUT2D eigenvalue weighted by atomic mass is 16.5. The average Bonchev–Trinajstić information content (AvgIpc) is 2.25. The van der Waals surface area contributed by atoms with Crippen LogP contribution in [0.15, 0.2) is 5.16 Å². The fourth-order valence-electron chi connectivity index (χ4n) is 1.21. The largest absolute Gasteiger partial charge is 0.409 e. The van der Waals surface area contributed by atoms with E-state index in [1.54, 1.807) is 4.90 Å². The van der Waals surface area contributed by atoms with Crippen LogP contribution in [0.1, 0.15) is 27.2 Å². The lowest BCUT2D eigenvalue weighted by atomic mass is 10.2. The molecule has 1 amide bonds. The van der Waals surface area contributed by atoms with Crippen molar-refractivity contribution in [2.75, 3.05) is 19.8 Å². The zero-order chi connectivity index (χ0) is 12.6. The first-order chi connectivity index (χ1) is 7.52. The first kappa shape index (κ1) is 14.7. The van der Waals surface area contributed by atoms with Crippen molar-refractivity contribution in [2.24, 2.45) is 10.9 Å². The molecule has 0 unspecified atom stereocenters. The zero-order valence-electron chi connectivity index (χ0n) is 10.1. The Bertz CT molecular complexity index is 241. The van der Waals surface area contributed by atoms with Crippen molar-refractivity contribution in [2.45, 2.75) is 33.2 Å². The lowest BCUT2D eigenvalue weighted by molar-refractivity contribution is -0.133. The quantitative estimate of drug-likeness (QED) is 0.218. The third-order valence-corrected chi connectivity index (χ3v) is 2.07. The predicted octanol–water partition coefficient (Wildman–Crippen LogP) is 0.396. The van der Waals surface area contributed by atoms with Crippen LogP contribution in [0, 0.1) is 0 Å². The number of nitrogens with zero attached hydrogens (tertiary/aromatic N) is 2. The van der Waals surface area contributed by atoms with Crippen molar-refractivity contribution < 1.29 is 14.7 Å². The highest BCUT2D eigenvalue weighted by Crippen LogP contribution is 2.01. The number of hydrogen-bond donors (Lipinski definition) is 2. The Morgan fingerprint density at radius 3 is 2.62 bits per heavy atom. The van der Waals surface area contributed by atoms with E-state index in [0.29, 0.717) is 19.6 Å². The van der Waals surface area contributed by atoms with Gasteiger partial charge >= 0.3 is 0 Å². The summed E-state index contributed by atoms with van der Waals surface area (Å²) >= 11 is 0. The highest BCUT2D eigenvalue weighted by Gasteiger charge is 2.17. The summed E-state index contributed by atoms with van der Waals surface area (Å²) in [6.07, 6.45) is 0.310. The fourth-order valence-corrected chi connectivity index (χ4v) is 1.21. The van der Waals surface area contributed by atoms with E-state index >= 15 is 0 Å². The molecule has 0 heterocycles. The predicted molar refractivity (Wildman–Crippen MR) is 61.4 cm³/mol. The Hall–Kier alpha value is -1.30. The smallest absolute Gasteiger partial charge is 0.225 e. The number of nitrogens with two attached hydrogens (primary N) is 1. The molecule has 0 rings (SSSR count). The van der Waals surface area contributed by atoms with Crippen LogP contribution in [-0.4, -0.2) is 47.7 Å². The summed E-state index contributed by atoms with van der Waals surface area (Å²) in [6, 6.07) is 0.00873. The van der Waals surface area contributed by atoms with E-state index < -0.39 is 0 Å². The summed E-state index contributed by atoms with van der Waals surface area (Å²) in [5, 5.41) is 11.3. The van der Waals surface area contributed by atoms with Crippen LogP contribution in [0.3, 0.4) is 0 Å². The molecule has 3 N–H and O–H groups in total. The van der Waals surface area contributed by atoms with E-state index in [1.807, 2.05) is 20.8 Å². The van der Waals surface area contributed by atoms with Gasteiger partial charge < -0.3 is 20.6 Å². The number of amidine groups is 1. The highest BCUT2D eigenvalue weighted by molar-refractivity contribution is 5.87. The van der Waals surface area contributed by atoms with Crippen LogP contribution in [0.4, 0.5) is 0 Å². The topological polar surface area (TPSA) is 88.2 Å². The van der Waals surface area contributed by atoms with Crippen molar-refractivity contribution in [3.05, 3.63) is 0 Å². The Kier molecular flexibility index (Phi) is 7.28. The summed E-state index contributed by atoms with van der Waals surface area (Å²) in [4.78, 5) is 13.3. The molecule has 6 nitrogen and oxygen atoms in total. The second-order valence-electron chi connectivity index (χ2n) is 3.65. The molecule has 0 aliphatic carbocycles. The number of oxime groups is 1. The van der Waals surface area contributed by atoms with Gasteiger partial charge in [-0.25, -0.2) is 0 Å². The summed E-state index contributed by atoms with van der Waals surface area (Å²) < 4.78 is 5.11. The second-order valence-corrected chi connectivity index (χ2v) is 3.65. The Morgan fingerprint density at radius 1 is 1.56 bits per heavy atom. The molecule has 0 fully saturated rings. The van der Waals surface area contributed by atoms with Crippen LogP contribution in [0.2, 0.25) is 0 Å². The van der Waals surface area contributed by atoms with Crippen LogP contribution in [0.25, 0.3) is 0 Å². The molecular formula is C10H21N3O3. The summed E-state index contributed by atoms with van der Waals surface area (Å²) in [6.45, 7) is 6.76. The van der Waals surface area contributed by atoms with E-state index in [-0.39, 0.29) is 24.3 Å². The van der Waals surface area contributed by atoms with Crippen molar-refractivity contribution >= 4 is 11.7 Å². The molecule has 0 bridgehead atoms. The van der Waals surface area contributed by atoms with E-state index in [1.165, 1.54) is 0 Å². The van der Waals surface area contributed by atoms with Gasteiger partial charge in [-0.05, 0) is 20.8 Å². The summed E-state index contributed by atoms with van der Waals surface area (Å²) in [5.74, 6) is -0.0338. The molecule has 0 spiro atoms. The Labute approximate surface area is 96.0 Å². The lowest BCUT2D eigenvalue weighted by Crippen LogP contribution is -2.43. The Morgan fingerprint density at radius 2 is 2.19 bits per heavy atom. The van der Waals surface area contributed by atoms with Gasteiger partial charge in [-0.3, -0.25) is 4.79 Å². The average molecular weight is 231 g/mol. The number of amides is 1. The first-order valence-electron chi connectivity index (χ1n) is 5.36. The molecule has 0 saturated carbocycles. The molecule has 94 valence electrons. The van der Waals surface area contributed by atoms with Crippen molar-refractivity contribution in [1.82, 2.24) is 4.90 Å². The van der Waals surface area contributed by atoms with Crippen molar-refractivity contribution in [1.29, 1.82) is 0 Å². The van der Waals surface area contributed by atoms with E-state index in [4.69, 9.17) is 15.7 Å². The molecule has 0 radical (unpaired) electrons. The summed E-state index contributed by atoms with van der Waals surface area (Å²) in [5.41, 5.74) is 5.38. The van der Waals surface area contributed by atoms with Crippen molar-refractivity contribution in [3.63, 3.8) is 0 Å². The molecule has 16 heavy (non-hydrogen) atoms. The van der Waals surface area contributed by atoms with Gasteiger partial charge in [0.05, 0.1) is 19.6 Å². The van der Waals surface area contributed by atoms with Gasteiger partial charge in [0, 0.05) is 12.6 Å². The molecular weight excluding hydrogens is 210 g/mol. The number of hydrogen-bond acceptors (Lipinski definition) is 4. The Balaban J connectivity index is 4.25. The van der Waals surface area contributed by atoms with E-state index in [0.717, 1.165) is 0 Å². The molecule has 0 aromatic carbocycles. The molecule has 0 aliphatic heterocycles. The van der Waals surface area contributed by atoms with Gasteiger partial charge in [0.25, 0.3) is 0 Å². The number of ether oxygens (including phenoxy) is 1. The van der Waals surface area contributed by atoms with Gasteiger partial charge in [0.2, 0.25) is 5.91 Å². The molecule has 0 saturated heterocycles. The van der Waals surface area contributed by atoms with Gasteiger partial charge in [0.1, 0.15) is 0 Å². The summed E-state index contributed by atoms with van der Waals surface area (Å²) in [7, 11) is 0. The molecule has 0 aromatic heterocycles. The molecule has 6 heteroatoms.